The summed E-state index contributed by atoms with van der Waals surface area (Å²) in [6.45, 7) is 0.373. The molecular formula is C34H29BrN2O5. The van der Waals surface area contributed by atoms with Gasteiger partial charge in [0, 0.05) is 16.0 Å². The number of carbonyl (C=O) groups excluding carboxylic acids is 4. The smallest absolute Gasteiger partial charge is 0.234 e. The van der Waals surface area contributed by atoms with Crippen molar-refractivity contribution in [2.45, 2.75) is 31.8 Å². The number of amides is 4. The molecule has 0 unspecified atom stereocenters. The first-order valence-corrected chi connectivity index (χ1v) is 15.1. The van der Waals surface area contributed by atoms with Gasteiger partial charge in [0.2, 0.25) is 23.6 Å². The number of likely N-dealkylation sites (tertiary alicyclic amines) is 2. The SMILES string of the molecule is O=C1[C@H]2[C@H](CC=C3[C@H]2C[C@H]2C(=O)N(Cc4ccccc4)C(=O)[C@H]2[C@H]3c2cc(Br)ccc2O)C(=O)N1Cc1ccccc1. The van der Waals surface area contributed by atoms with Crippen LogP contribution in [0.1, 0.15) is 35.4 Å². The number of rotatable bonds is 5. The summed E-state index contributed by atoms with van der Waals surface area (Å²) >= 11 is 3.51. The second-order valence-corrected chi connectivity index (χ2v) is 12.6. The molecule has 0 bridgehead atoms. The molecule has 7 nitrogen and oxygen atoms in total. The highest BCUT2D eigenvalue weighted by molar-refractivity contribution is 9.10. The van der Waals surface area contributed by atoms with Gasteiger partial charge in [-0.2, -0.15) is 0 Å². The number of benzene rings is 3. The number of carbonyl (C=O) groups is 4. The molecule has 4 amide bonds. The zero-order chi connectivity index (χ0) is 29.1. The van der Waals surface area contributed by atoms with E-state index in [4.69, 9.17) is 0 Å². The molecule has 2 aliphatic carbocycles. The molecule has 3 aromatic rings. The van der Waals surface area contributed by atoms with Crippen LogP contribution in [0.5, 0.6) is 5.75 Å². The van der Waals surface area contributed by atoms with E-state index in [2.05, 4.69) is 15.9 Å². The number of fused-ring (bicyclic) bond motifs is 4. The molecule has 4 aliphatic rings. The molecule has 1 N–H and O–H groups in total. The Morgan fingerprint density at radius 1 is 0.690 bits per heavy atom. The van der Waals surface area contributed by atoms with Crippen LogP contribution in [0.15, 0.2) is 95.0 Å². The van der Waals surface area contributed by atoms with E-state index in [-0.39, 0.29) is 48.4 Å². The Balaban J connectivity index is 1.29. The van der Waals surface area contributed by atoms with E-state index in [0.29, 0.717) is 18.4 Å². The minimum absolute atomic E-state index is 0.0342. The number of nitrogens with zero attached hydrogens (tertiary/aromatic N) is 2. The fourth-order valence-electron chi connectivity index (χ4n) is 7.69. The Hall–Kier alpha value is -4.04. The molecule has 2 aliphatic heterocycles. The van der Waals surface area contributed by atoms with Gasteiger partial charge < -0.3 is 5.11 Å². The molecule has 42 heavy (non-hydrogen) atoms. The average Bonchev–Trinajstić information content (AvgIpc) is 3.38. The van der Waals surface area contributed by atoms with Gasteiger partial charge in [0.15, 0.2) is 0 Å². The van der Waals surface area contributed by atoms with Crippen LogP contribution in [0.3, 0.4) is 0 Å². The van der Waals surface area contributed by atoms with Gasteiger partial charge in [-0.25, -0.2) is 0 Å². The highest BCUT2D eigenvalue weighted by Crippen LogP contribution is 2.59. The molecule has 0 radical (unpaired) electrons. The summed E-state index contributed by atoms with van der Waals surface area (Å²) in [5, 5.41) is 11.1. The van der Waals surface area contributed by atoms with Crippen LogP contribution in [-0.4, -0.2) is 38.5 Å². The third kappa shape index (κ3) is 4.23. The van der Waals surface area contributed by atoms with E-state index < -0.39 is 29.6 Å². The average molecular weight is 626 g/mol. The topological polar surface area (TPSA) is 95.0 Å². The van der Waals surface area contributed by atoms with Gasteiger partial charge in [-0.05, 0) is 48.1 Å². The first kappa shape index (κ1) is 26.8. The maximum absolute atomic E-state index is 14.1. The lowest BCUT2D eigenvalue weighted by atomic mass is 9.57. The monoisotopic (exact) mass is 624 g/mol. The second-order valence-electron chi connectivity index (χ2n) is 11.7. The van der Waals surface area contributed by atoms with Crippen LogP contribution in [0.4, 0.5) is 0 Å². The zero-order valence-corrected chi connectivity index (χ0v) is 24.3. The van der Waals surface area contributed by atoms with Crippen molar-refractivity contribution < 1.29 is 24.3 Å². The summed E-state index contributed by atoms with van der Waals surface area (Å²) in [7, 11) is 0. The predicted octanol–water partition coefficient (Wildman–Crippen LogP) is 5.19. The van der Waals surface area contributed by atoms with Crippen molar-refractivity contribution in [1.82, 2.24) is 9.80 Å². The van der Waals surface area contributed by atoms with Crippen LogP contribution in [0, 0.1) is 29.6 Å². The number of hydrogen-bond donors (Lipinski definition) is 1. The molecule has 2 saturated heterocycles. The van der Waals surface area contributed by atoms with Gasteiger partial charge in [0.1, 0.15) is 5.75 Å². The van der Waals surface area contributed by atoms with Gasteiger partial charge >= 0.3 is 0 Å². The van der Waals surface area contributed by atoms with Gasteiger partial charge in [0.05, 0.1) is 36.8 Å². The number of aromatic hydroxyl groups is 1. The lowest BCUT2D eigenvalue weighted by Crippen LogP contribution is -2.43. The predicted molar refractivity (Wildman–Crippen MR) is 157 cm³/mol. The van der Waals surface area contributed by atoms with Crippen LogP contribution >= 0.6 is 15.9 Å². The summed E-state index contributed by atoms with van der Waals surface area (Å²) in [5.74, 6) is -4.34. The minimum atomic E-state index is -0.701. The van der Waals surface area contributed by atoms with E-state index in [1.165, 1.54) is 9.80 Å². The van der Waals surface area contributed by atoms with E-state index in [9.17, 15) is 24.3 Å². The molecule has 0 aromatic heterocycles. The third-order valence-corrected chi connectivity index (χ3v) is 10.0. The number of phenols is 1. The molecular weight excluding hydrogens is 596 g/mol. The summed E-state index contributed by atoms with van der Waals surface area (Å²) in [4.78, 5) is 58.3. The summed E-state index contributed by atoms with van der Waals surface area (Å²) in [5.41, 5.74) is 3.15. The maximum Gasteiger partial charge on any atom is 0.234 e. The number of hydrogen-bond acceptors (Lipinski definition) is 5. The molecule has 212 valence electrons. The summed E-state index contributed by atoms with van der Waals surface area (Å²) < 4.78 is 0.738. The fourth-order valence-corrected chi connectivity index (χ4v) is 8.06. The second kappa shape index (κ2) is 10.3. The number of allylic oxidation sites excluding steroid dienone is 2. The molecule has 7 rings (SSSR count). The third-order valence-electron chi connectivity index (χ3n) is 9.52. The van der Waals surface area contributed by atoms with E-state index in [0.717, 1.165) is 21.2 Å². The molecule has 6 atom stereocenters. The molecule has 8 heteroatoms. The first-order valence-electron chi connectivity index (χ1n) is 14.3. The maximum atomic E-state index is 14.1. The Morgan fingerprint density at radius 3 is 1.88 bits per heavy atom. The first-order chi connectivity index (χ1) is 20.3. The summed E-state index contributed by atoms with van der Waals surface area (Å²) in [6.07, 6.45) is 2.70. The van der Waals surface area contributed by atoms with E-state index >= 15 is 0 Å². The van der Waals surface area contributed by atoms with Gasteiger partial charge in [-0.15, -0.1) is 0 Å². The number of halogens is 1. The Bertz CT molecular complexity index is 1640. The van der Waals surface area contributed by atoms with Crippen LogP contribution in [0.2, 0.25) is 0 Å². The van der Waals surface area contributed by atoms with Crippen LogP contribution < -0.4 is 0 Å². The lowest BCUT2D eigenvalue weighted by Gasteiger charge is -2.44. The molecule has 3 fully saturated rings. The van der Waals surface area contributed by atoms with Gasteiger partial charge in [-0.1, -0.05) is 88.2 Å². The van der Waals surface area contributed by atoms with Crippen LogP contribution in [0.25, 0.3) is 0 Å². The van der Waals surface area contributed by atoms with Crippen molar-refractivity contribution in [1.29, 1.82) is 0 Å². The van der Waals surface area contributed by atoms with E-state index in [1.807, 2.05) is 66.7 Å². The largest absolute Gasteiger partial charge is 0.508 e. The fraction of sp³-hybridized carbons (Fsp3) is 0.294. The van der Waals surface area contributed by atoms with Gasteiger partial charge in [-0.3, -0.25) is 29.0 Å². The number of imide groups is 2. The van der Waals surface area contributed by atoms with Crippen molar-refractivity contribution >= 4 is 39.6 Å². The van der Waals surface area contributed by atoms with Crippen molar-refractivity contribution in [2.75, 3.05) is 0 Å². The summed E-state index contributed by atoms with van der Waals surface area (Å²) in [6, 6.07) is 24.0. The Morgan fingerprint density at radius 2 is 1.26 bits per heavy atom. The molecule has 2 heterocycles. The van der Waals surface area contributed by atoms with Crippen molar-refractivity contribution in [3.05, 3.63) is 112 Å². The van der Waals surface area contributed by atoms with Crippen molar-refractivity contribution in [3.8, 4) is 5.75 Å². The normalized spacial score (nSPS) is 28.5. The highest BCUT2D eigenvalue weighted by Gasteiger charge is 2.62. The highest BCUT2D eigenvalue weighted by atomic mass is 79.9. The minimum Gasteiger partial charge on any atom is -0.508 e. The lowest BCUT2D eigenvalue weighted by molar-refractivity contribution is -0.142. The molecule has 0 spiro atoms. The molecule has 3 aromatic carbocycles. The Labute approximate surface area is 251 Å². The zero-order valence-electron chi connectivity index (χ0n) is 22.7. The molecule has 1 saturated carbocycles. The van der Waals surface area contributed by atoms with E-state index in [1.54, 1.807) is 18.2 Å². The van der Waals surface area contributed by atoms with Crippen molar-refractivity contribution in [2.24, 2.45) is 29.6 Å². The van der Waals surface area contributed by atoms with Crippen molar-refractivity contribution in [3.63, 3.8) is 0 Å². The van der Waals surface area contributed by atoms with Gasteiger partial charge in [0.25, 0.3) is 0 Å². The number of phenolic OH excluding ortho intramolecular Hbond substituents is 1. The Kier molecular flexibility index (Phi) is 6.61. The standard InChI is InChI=1S/C34H29BrN2O5/c35-21-11-14-27(38)25(15-21)28-22-12-13-23-29(33(41)36(31(23)39)17-19-7-3-1-4-8-19)24(22)16-26-30(28)34(42)37(32(26)40)18-20-9-5-2-6-10-20/h1-12,14-15,23-24,26,28-30,38H,13,16-18H2/t23-,24+,26+,28+,29-,30+/m0/s1. The van der Waals surface area contributed by atoms with Crippen LogP contribution in [-0.2, 0) is 32.3 Å². The quantitative estimate of drug-likeness (QED) is 0.311.